The van der Waals surface area contributed by atoms with Gasteiger partial charge in [-0.1, -0.05) is 36.0 Å². The second kappa shape index (κ2) is 4.67. The van der Waals surface area contributed by atoms with Gasteiger partial charge in [0.2, 0.25) is 5.69 Å². The minimum absolute atomic E-state index is 0.765. The molecule has 1 aliphatic heterocycles. The number of thioether (sulfide) groups is 1. The fourth-order valence-corrected chi connectivity index (χ4v) is 3.06. The molecule has 0 atom stereocenters. The van der Waals surface area contributed by atoms with E-state index < -0.39 is 0 Å². The summed E-state index contributed by atoms with van der Waals surface area (Å²) in [5, 5.41) is 9.09. The molecule has 0 aliphatic carbocycles. The smallest absolute Gasteiger partial charge is 0.192 e. The molecule has 0 saturated heterocycles. The summed E-state index contributed by atoms with van der Waals surface area (Å²) < 4.78 is 2.20. The Labute approximate surface area is 110 Å². The maximum absolute atomic E-state index is 9.09. The van der Waals surface area contributed by atoms with E-state index in [1.807, 2.05) is 30.3 Å². The van der Waals surface area contributed by atoms with Crippen LogP contribution in [0.1, 0.15) is 11.1 Å². The minimum atomic E-state index is 0.765. The first-order chi connectivity index (χ1) is 8.88. The van der Waals surface area contributed by atoms with Crippen LogP contribution in [0.4, 0.5) is 5.69 Å². The lowest BCUT2D eigenvalue weighted by Gasteiger charge is -2.12. The lowest BCUT2D eigenvalue weighted by molar-refractivity contribution is -0.411. The quantitative estimate of drug-likeness (QED) is 0.726. The molecule has 0 amide bonds. The molecule has 3 rings (SSSR count). The normalized spacial score (nSPS) is 13.4. The van der Waals surface area contributed by atoms with Crippen LogP contribution < -0.4 is 0 Å². The number of benzene rings is 2. The standard InChI is InChI=1S/C15H11N2S/c16-9-12-5-4-6-13-10-17(11-18-15(12)13)14-7-2-1-3-8-14/h1-8,10H,11H2/q+1. The van der Waals surface area contributed by atoms with Crippen LogP contribution in [-0.4, -0.2) is 16.7 Å². The zero-order valence-corrected chi connectivity index (χ0v) is 10.5. The molecule has 0 fully saturated rings. The molecular weight excluding hydrogens is 240 g/mol. The zero-order valence-electron chi connectivity index (χ0n) is 9.71. The molecule has 0 aromatic heterocycles. The van der Waals surface area contributed by atoms with E-state index >= 15 is 0 Å². The molecule has 1 aliphatic rings. The highest BCUT2D eigenvalue weighted by Crippen LogP contribution is 2.30. The van der Waals surface area contributed by atoms with Gasteiger partial charge in [-0.25, -0.2) is 0 Å². The maximum Gasteiger partial charge on any atom is 0.205 e. The van der Waals surface area contributed by atoms with Crippen molar-refractivity contribution in [2.75, 3.05) is 5.88 Å². The molecule has 2 aromatic rings. The summed E-state index contributed by atoms with van der Waals surface area (Å²) in [6.45, 7) is 0. The Balaban J connectivity index is 2.08. The molecule has 0 spiro atoms. The largest absolute Gasteiger partial charge is 0.205 e. The second-order valence-electron chi connectivity index (χ2n) is 4.04. The Bertz CT molecular complexity index is 654. The van der Waals surface area contributed by atoms with Gasteiger partial charge in [0.15, 0.2) is 12.1 Å². The molecule has 0 radical (unpaired) electrons. The van der Waals surface area contributed by atoms with Crippen LogP contribution >= 0.6 is 11.8 Å². The van der Waals surface area contributed by atoms with Gasteiger partial charge in [-0.15, -0.1) is 0 Å². The van der Waals surface area contributed by atoms with Gasteiger partial charge in [-0.3, -0.25) is 0 Å². The maximum atomic E-state index is 9.09. The molecular formula is C15H11N2S+. The van der Waals surface area contributed by atoms with E-state index in [2.05, 4.69) is 35.1 Å². The third-order valence-corrected chi connectivity index (χ3v) is 4.05. The van der Waals surface area contributed by atoms with Gasteiger partial charge < -0.3 is 0 Å². The van der Waals surface area contributed by atoms with Crippen molar-refractivity contribution in [1.82, 2.24) is 0 Å². The van der Waals surface area contributed by atoms with Crippen LogP contribution in [0, 0.1) is 11.3 Å². The Morgan fingerprint density at radius 2 is 1.89 bits per heavy atom. The number of hydrogen-bond donors (Lipinski definition) is 0. The first-order valence-corrected chi connectivity index (χ1v) is 6.69. The molecule has 86 valence electrons. The first kappa shape index (κ1) is 11.1. The third kappa shape index (κ3) is 1.92. The van der Waals surface area contributed by atoms with Crippen molar-refractivity contribution < 1.29 is 4.58 Å². The molecule has 2 nitrogen and oxygen atoms in total. The molecule has 0 unspecified atom stereocenters. The SMILES string of the molecule is N#Cc1cccc2c1SC[N+](c1ccccc1)=C2. The number of rotatable bonds is 1. The number of nitrogens with zero attached hydrogens (tertiary/aromatic N) is 2. The molecule has 0 saturated carbocycles. The van der Waals surface area contributed by atoms with E-state index in [0.717, 1.165) is 21.9 Å². The van der Waals surface area contributed by atoms with Crippen molar-refractivity contribution in [1.29, 1.82) is 5.26 Å². The monoisotopic (exact) mass is 251 g/mol. The van der Waals surface area contributed by atoms with Crippen molar-refractivity contribution in [2.45, 2.75) is 4.90 Å². The lowest BCUT2D eigenvalue weighted by atomic mass is 10.1. The van der Waals surface area contributed by atoms with Crippen molar-refractivity contribution in [2.24, 2.45) is 0 Å². The summed E-state index contributed by atoms with van der Waals surface area (Å²) in [6, 6.07) is 18.4. The molecule has 0 N–H and O–H groups in total. The average Bonchev–Trinajstić information content (AvgIpc) is 2.47. The van der Waals surface area contributed by atoms with Crippen LogP contribution in [0.5, 0.6) is 0 Å². The van der Waals surface area contributed by atoms with E-state index in [4.69, 9.17) is 5.26 Å². The minimum Gasteiger partial charge on any atom is -0.192 e. The van der Waals surface area contributed by atoms with Crippen molar-refractivity contribution in [3.8, 4) is 6.07 Å². The van der Waals surface area contributed by atoms with E-state index in [1.165, 1.54) is 5.69 Å². The van der Waals surface area contributed by atoms with E-state index in [9.17, 15) is 0 Å². The highest BCUT2D eigenvalue weighted by Gasteiger charge is 2.20. The van der Waals surface area contributed by atoms with Gasteiger partial charge in [0.1, 0.15) is 6.07 Å². The molecule has 0 bridgehead atoms. The Morgan fingerprint density at radius 1 is 1.06 bits per heavy atom. The van der Waals surface area contributed by atoms with E-state index in [0.29, 0.717) is 0 Å². The topological polar surface area (TPSA) is 26.8 Å². The van der Waals surface area contributed by atoms with Gasteiger partial charge in [-0.05, 0) is 12.1 Å². The molecule has 1 heterocycles. The van der Waals surface area contributed by atoms with Crippen LogP contribution in [0.25, 0.3) is 0 Å². The molecule has 2 aromatic carbocycles. The van der Waals surface area contributed by atoms with Crippen molar-refractivity contribution in [3.63, 3.8) is 0 Å². The number of hydrogen-bond acceptors (Lipinski definition) is 2. The highest BCUT2D eigenvalue weighted by molar-refractivity contribution is 7.99. The summed E-state index contributed by atoms with van der Waals surface area (Å²) in [7, 11) is 0. The Hall–Kier alpha value is -2.05. The van der Waals surface area contributed by atoms with E-state index in [1.54, 1.807) is 11.8 Å². The summed E-state index contributed by atoms with van der Waals surface area (Å²) in [5.74, 6) is 0.843. The summed E-state index contributed by atoms with van der Waals surface area (Å²) >= 11 is 1.72. The summed E-state index contributed by atoms with van der Waals surface area (Å²) in [4.78, 5) is 1.09. The first-order valence-electron chi connectivity index (χ1n) is 5.71. The van der Waals surface area contributed by atoms with Gasteiger partial charge in [0.25, 0.3) is 0 Å². The molecule has 18 heavy (non-hydrogen) atoms. The second-order valence-corrected chi connectivity index (χ2v) is 5.00. The summed E-state index contributed by atoms with van der Waals surface area (Å²) in [5.41, 5.74) is 3.06. The van der Waals surface area contributed by atoms with Crippen LogP contribution in [0.2, 0.25) is 0 Å². The fourth-order valence-electron chi connectivity index (χ4n) is 2.01. The Morgan fingerprint density at radius 3 is 2.67 bits per heavy atom. The van der Waals surface area contributed by atoms with Crippen molar-refractivity contribution >= 4 is 23.7 Å². The fraction of sp³-hybridized carbons (Fsp3) is 0.0667. The predicted octanol–water partition coefficient (Wildman–Crippen LogP) is 3.38. The van der Waals surface area contributed by atoms with E-state index in [-0.39, 0.29) is 0 Å². The number of para-hydroxylation sites is 1. The Kier molecular flexibility index (Phi) is 2.87. The van der Waals surface area contributed by atoms with Gasteiger partial charge in [-0.2, -0.15) is 9.84 Å². The van der Waals surface area contributed by atoms with Gasteiger partial charge in [0, 0.05) is 17.0 Å². The van der Waals surface area contributed by atoms with Crippen LogP contribution in [0.3, 0.4) is 0 Å². The van der Waals surface area contributed by atoms with Crippen LogP contribution in [-0.2, 0) is 0 Å². The highest BCUT2D eigenvalue weighted by atomic mass is 32.2. The lowest BCUT2D eigenvalue weighted by Crippen LogP contribution is -2.13. The zero-order chi connectivity index (χ0) is 12.4. The molecule has 3 heteroatoms. The van der Waals surface area contributed by atoms with Gasteiger partial charge in [0.05, 0.1) is 11.1 Å². The van der Waals surface area contributed by atoms with Crippen LogP contribution in [0.15, 0.2) is 53.4 Å². The number of fused-ring (bicyclic) bond motifs is 1. The summed E-state index contributed by atoms with van der Waals surface area (Å²) in [6.07, 6.45) is 2.11. The third-order valence-electron chi connectivity index (χ3n) is 2.90. The van der Waals surface area contributed by atoms with Crippen molar-refractivity contribution in [3.05, 3.63) is 59.7 Å². The average molecular weight is 251 g/mol. The van der Waals surface area contributed by atoms with Gasteiger partial charge >= 0.3 is 0 Å². The predicted molar refractivity (Wildman–Crippen MR) is 73.4 cm³/mol. The number of nitriles is 1.